The second kappa shape index (κ2) is 4.91. The first-order valence-corrected chi connectivity index (χ1v) is 5.65. The van der Waals surface area contributed by atoms with Crippen molar-refractivity contribution in [3.05, 3.63) is 30.0 Å². The van der Waals surface area contributed by atoms with Crippen LogP contribution in [0.3, 0.4) is 0 Å². The van der Waals surface area contributed by atoms with Crippen molar-refractivity contribution < 1.29 is 14.3 Å². The number of hydrogen-bond donors (Lipinski definition) is 1. The average molecular weight is 246 g/mol. The smallest absolute Gasteiger partial charge is 0.409 e. The molecule has 1 amide bonds. The van der Waals surface area contributed by atoms with Crippen LogP contribution in [0.1, 0.15) is 17.3 Å². The molecule has 0 aliphatic rings. The van der Waals surface area contributed by atoms with E-state index in [2.05, 4.69) is 4.98 Å². The van der Waals surface area contributed by atoms with E-state index < -0.39 is 6.09 Å². The highest BCUT2D eigenvalue weighted by Crippen LogP contribution is 2.28. The van der Waals surface area contributed by atoms with E-state index in [-0.39, 0.29) is 0 Å². The minimum absolute atomic E-state index is 0.390. The fourth-order valence-corrected chi connectivity index (χ4v) is 1.66. The summed E-state index contributed by atoms with van der Waals surface area (Å²) in [4.78, 5) is 27.1. The molecule has 0 saturated heterocycles. The predicted molar refractivity (Wildman–Crippen MR) is 68.0 cm³/mol. The van der Waals surface area contributed by atoms with E-state index in [0.29, 0.717) is 23.2 Å². The first-order chi connectivity index (χ1) is 8.67. The zero-order valence-electron chi connectivity index (χ0n) is 10.3. The van der Waals surface area contributed by atoms with Crippen molar-refractivity contribution in [3.63, 3.8) is 0 Å². The molecule has 18 heavy (non-hydrogen) atoms. The van der Waals surface area contributed by atoms with Crippen molar-refractivity contribution in [2.75, 3.05) is 13.6 Å². The molecule has 2 rings (SSSR count). The number of aromatic amines is 1. The quantitative estimate of drug-likeness (QED) is 0.846. The maximum atomic E-state index is 11.7. The SMILES string of the molecule is CCN(C)C(=O)Oc1cccc2[nH]cc(C=O)c12. The summed E-state index contributed by atoms with van der Waals surface area (Å²) in [6.45, 7) is 2.41. The maximum Gasteiger partial charge on any atom is 0.414 e. The second-order valence-electron chi connectivity index (χ2n) is 3.92. The van der Waals surface area contributed by atoms with Crippen LogP contribution in [0.5, 0.6) is 5.75 Å². The van der Waals surface area contributed by atoms with Crippen LogP contribution in [0, 0.1) is 0 Å². The molecule has 5 nitrogen and oxygen atoms in total. The molecule has 1 aromatic carbocycles. The van der Waals surface area contributed by atoms with Crippen LogP contribution in [0.15, 0.2) is 24.4 Å². The molecule has 5 heteroatoms. The van der Waals surface area contributed by atoms with Crippen molar-refractivity contribution >= 4 is 23.3 Å². The van der Waals surface area contributed by atoms with E-state index in [4.69, 9.17) is 4.74 Å². The molecule has 1 aromatic heterocycles. The number of H-pyrrole nitrogens is 1. The lowest BCUT2D eigenvalue weighted by atomic mass is 10.2. The lowest BCUT2D eigenvalue weighted by Gasteiger charge is -2.14. The first kappa shape index (κ1) is 12.2. The minimum atomic E-state index is -0.442. The number of nitrogens with zero attached hydrogens (tertiary/aromatic N) is 1. The van der Waals surface area contributed by atoms with Gasteiger partial charge in [-0.2, -0.15) is 0 Å². The molecule has 0 radical (unpaired) electrons. The zero-order chi connectivity index (χ0) is 13.1. The number of fused-ring (bicyclic) bond motifs is 1. The Morgan fingerprint density at radius 3 is 2.94 bits per heavy atom. The zero-order valence-corrected chi connectivity index (χ0v) is 10.3. The fourth-order valence-electron chi connectivity index (χ4n) is 1.66. The van der Waals surface area contributed by atoms with Crippen molar-refractivity contribution in [1.29, 1.82) is 0 Å². The van der Waals surface area contributed by atoms with Gasteiger partial charge >= 0.3 is 6.09 Å². The number of carbonyl (C=O) groups excluding carboxylic acids is 2. The van der Waals surface area contributed by atoms with Gasteiger partial charge in [0.2, 0.25) is 0 Å². The van der Waals surface area contributed by atoms with Crippen LogP contribution in [0.25, 0.3) is 10.9 Å². The normalized spacial score (nSPS) is 10.3. The Morgan fingerprint density at radius 1 is 1.50 bits per heavy atom. The van der Waals surface area contributed by atoms with Crippen molar-refractivity contribution in [2.45, 2.75) is 6.92 Å². The summed E-state index contributed by atoms with van der Waals surface area (Å²) in [5.74, 6) is 0.390. The van der Waals surface area contributed by atoms with Crippen LogP contribution < -0.4 is 4.74 Å². The highest BCUT2D eigenvalue weighted by molar-refractivity contribution is 6.01. The Morgan fingerprint density at radius 2 is 2.28 bits per heavy atom. The third-order valence-corrected chi connectivity index (χ3v) is 2.81. The highest BCUT2D eigenvalue weighted by Gasteiger charge is 2.14. The number of ether oxygens (including phenoxy) is 1. The van der Waals surface area contributed by atoms with Gasteiger partial charge in [-0.1, -0.05) is 6.07 Å². The molecule has 0 aliphatic carbocycles. The standard InChI is InChI=1S/C13H14N2O3/c1-3-15(2)13(17)18-11-6-4-5-10-12(11)9(8-16)7-14-10/h4-8,14H,3H2,1-2H3. The fraction of sp³-hybridized carbons (Fsp3) is 0.231. The summed E-state index contributed by atoms with van der Waals surface area (Å²) in [6.07, 6.45) is 1.89. The van der Waals surface area contributed by atoms with Crippen LogP contribution in [0.2, 0.25) is 0 Å². The average Bonchev–Trinajstić information content (AvgIpc) is 2.81. The van der Waals surface area contributed by atoms with Gasteiger partial charge in [-0.3, -0.25) is 4.79 Å². The monoisotopic (exact) mass is 246 g/mol. The molecule has 1 heterocycles. The number of carbonyl (C=O) groups is 2. The van der Waals surface area contributed by atoms with Gasteiger partial charge in [0.25, 0.3) is 0 Å². The Balaban J connectivity index is 2.41. The highest BCUT2D eigenvalue weighted by atomic mass is 16.6. The van der Waals surface area contributed by atoms with E-state index in [9.17, 15) is 9.59 Å². The number of aldehydes is 1. The van der Waals surface area contributed by atoms with E-state index in [1.54, 1.807) is 25.4 Å². The Kier molecular flexibility index (Phi) is 3.32. The number of nitrogens with one attached hydrogen (secondary N) is 1. The Labute approximate surface area is 104 Å². The van der Waals surface area contributed by atoms with Crippen molar-refractivity contribution in [1.82, 2.24) is 9.88 Å². The van der Waals surface area contributed by atoms with Crippen molar-refractivity contribution in [3.8, 4) is 5.75 Å². The maximum absolute atomic E-state index is 11.7. The third kappa shape index (κ3) is 2.07. The molecule has 0 spiro atoms. The first-order valence-electron chi connectivity index (χ1n) is 5.65. The Hall–Kier alpha value is -2.30. The van der Waals surface area contributed by atoms with Gasteiger partial charge in [0.1, 0.15) is 5.75 Å². The summed E-state index contributed by atoms with van der Waals surface area (Å²) in [7, 11) is 1.65. The lowest BCUT2D eigenvalue weighted by molar-refractivity contribution is 0.112. The van der Waals surface area contributed by atoms with Gasteiger partial charge in [0.05, 0.1) is 5.39 Å². The van der Waals surface area contributed by atoms with Gasteiger partial charge < -0.3 is 14.6 Å². The summed E-state index contributed by atoms with van der Waals surface area (Å²) in [6, 6.07) is 5.26. The molecule has 2 aromatic rings. The summed E-state index contributed by atoms with van der Waals surface area (Å²) in [5.41, 5.74) is 1.24. The van der Waals surface area contributed by atoms with Gasteiger partial charge in [0.15, 0.2) is 6.29 Å². The van der Waals surface area contributed by atoms with Gasteiger partial charge in [0, 0.05) is 30.9 Å². The van der Waals surface area contributed by atoms with E-state index in [1.807, 2.05) is 13.0 Å². The van der Waals surface area contributed by atoms with Gasteiger partial charge in [-0.25, -0.2) is 4.79 Å². The van der Waals surface area contributed by atoms with Crippen LogP contribution in [-0.2, 0) is 0 Å². The number of hydrogen-bond acceptors (Lipinski definition) is 3. The molecular formula is C13H14N2O3. The molecule has 0 aliphatic heterocycles. The molecule has 0 saturated carbocycles. The van der Waals surface area contributed by atoms with Crippen LogP contribution in [0.4, 0.5) is 4.79 Å². The Bertz CT molecular complexity index is 589. The molecule has 0 atom stereocenters. The molecule has 0 unspecified atom stereocenters. The van der Waals surface area contributed by atoms with Crippen molar-refractivity contribution in [2.24, 2.45) is 0 Å². The number of aromatic nitrogens is 1. The second-order valence-corrected chi connectivity index (χ2v) is 3.92. The number of rotatable bonds is 3. The predicted octanol–water partition coefficient (Wildman–Crippen LogP) is 2.43. The van der Waals surface area contributed by atoms with E-state index in [0.717, 1.165) is 11.8 Å². The van der Waals surface area contributed by atoms with Crippen LogP contribution >= 0.6 is 0 Å². The topological polar surface area (TPSA) is 62.4 Å². The molecule has 0 fully saturated rings. The van der Waals surface area contributed by atoms with E-state index >= 15 is 0 Å². The largest absolute Gasteiger partial charge is 0.414 e. The summed E-state index contributed by atoms with van der Waals surface area (Å²) in [5, 5.41) is 0.630. The minimum Gasteiger partial charge on any atom is -0.409 e. The molecule has 1 N–H and O–H groups in total. The molecule has 94 valence electrons. The summed E-state index contributed by atoms with van der Waals surface area (Å²) < 4.78 is 5.29. The third-order valence-electron chi connectivity index (χ3n) is 2.81. The molecule has 0 bridgehead atoms. The van der Waals surface area contributed by atoms with Crippen LogP contribution in [-0.4, -0.2) is 35.9 Å². The summed E-state index contributed by atoms with van der Waals surface area (Å²) >= 11 is 0. The number of amides is 1. The lowest BCUT2D eigenvalue weighted by Crippen LogP contribution is -2.29. The number of benzene rings is 1. The van der Waals surface area contributed by atoms with Gasteiger partial charge in [-0.05, 0) is 19.1 Å². The van der Waals surface area contributed by atoms with E-state index in [1.165, 1.54) is 4.90 Å². The molecular weight excluding hydrogens is 232 g/mol. The van der Waals surface area contributed by atoms with Gasteiger partial charge in [-0.15, -0.1) is 0 Å².